The molecule has 0 aliphatic carbocycles. The van der Waals surface area contributed by atoms with Crippen LogP contribution in [0.3, 0.4) is 0 Å². The number of urea groups is 1. The normalized spacial score (nSPS) is 14.8. The van der Waals surface area contributed by atoms with Crippen molar-refractivity contribution in [1.82, 2.24) is 15.2 Å². The number of anilines is 1. The second-order valence-corrected chi connectivity index (χ2v) is 6.59. The van der Waals surface area contributed by atoms with Crippen molar-refractivity contribution in [1.29, 1.82) is 0 Å². The van der Waals surface area contributed by atoms with E-state index in [1.807, 2.05) is 13.1 Å². The van der Waals surface area contributed by atoms with Gasteiger partial charge in [-0.1, -0.05) is 23.5 Å². The van der Waals surface area contributed by atoms with Gasteiger partial charge in [0.2, 0.25) is 0 Å². The summed E-state index contributed by atoms with van der Waals surface area (Å²) >= 11 is 1.34. The summed E-state index contributed by atoms with van der Waals surface area (Å²) in [4.78, 5) is 19.1. The van der Waals surface area contributed by atoms with Gasteiger partial charge in [0.1, 0.15) is 5.82 Å². The van der Waals surface area contributed by atoms with E-state index in [1.165, 1.54) is 23.5 Å². The van der Waals surface area contributed by atoms with Crippen molar-refractivity contribution in [3.05, 3.63) is 36.3 Å². The van der Waals surface area contributed by atoms with E-state index in [1.54, 1.807) is 17.2 Å². The summed E-state index contributed by atoms with van der Waals surface area (Å²) in [5.41, 5.74) is 0.759. The van der Waals surface area contributed by atoms with Gasteiger partial charge in [-0.15, -0.1) is 12.4 Å². The molecule has 0 atom stereocenters. The third kappa shape index (κ3) is 4.43. The number of piperidine rings is 1. The van der Waals surface area contributed by atoms with Crippen LogP contribution in [0, 0.1) is 5.82 Å². The highest BCUT2D eigenvalue weighted by Gasteiger charge is 2.22. The number of nitrogens with one attached hydrogen (secondary N) is 2. The average Bonchev–Trinajstić information content (AvgIpc) is 3.03. The first kappa shape index (κ1) is 18.6. The van der Waals surface area contributed by atoms with Gasteiger partial charge in [-0.05, 0) is 43.6 Å². The lowest BCUT2D eigenvalue weighted by Gasteiger charge is -2.31. The number of rotatable bonds is 3. The van der Waals surface area contributed by atoms with Gasteiger partial charge in [0.25, 0.3) is 0 Å². The molecule has 0 unspecified atom stereocenters. The number of hydrogen-bond donors (Lipinski definition) is 2. The fraction of sp³-hybridized carbons (Fsp3) is 0.375. The van der Waals surface area contributed by atoms with Crippen molar-refractivity contribution in [3.63, 3.8) is 0 Å². The Morgan fingerprint density at radius 2 is 2.17 bits per heavy atom. The highest BCUT2D eigenvalue weighted by Crippen LogP contribution is 2.29. The lowest BCUT2D eigenvalue weighted by molar-refractivity contribution is 0.189. The maximum absolute atomic E-state index is 13.3. The van der Waals surface area contributed by atoms with Crippen LogP contribution in [0.15, 0.2) is 30.5 Å². The Kier molecular flexibility index (Phi) is 6.53. The van der Waals surface area contributed by atoms with E-state index in [9.17, 15) is 9.18 Å². The molecule has 2 heterocycles. The molecule has 0 bridgehead atoms. The fourth-order valence-corrected chi connectivity index (χ4v) is 3.45. The SMILES string of the molecule is CN(C(=O)Nc1ncc(-c2cccc(F)c2)s1)C1CCNCC1.Cl. The lowest BCUT2D eigenvalue weighted by Crippen LogP contribution is -2.45. The highest BCUT2D eigenvalue weighted by atomic mass is 35.5. The summed E-state index contributed by atoms with van der Waals surface area (Å²) in [7, 11) is 1.81. The predicted molar refractivity (Wildman–Crippen MR) is 97.4 cm³/mol. The van der Waals surface area contributed by atoms with Crippen molar-refractivity contribution in [2.45, 2.75) is 18.9 Å². The van der Waals surface area contributed by atoms with E-state index in [0.29, 0.717) is 5.13 Å². The van der Waals surface area contributed by atoms with Crippen LogP contribution in [0.5, 0.6) is 0 Å². The van der Waals surface area contributed by atoms with E-state index in [2.05, 4.69) is 15.6 Å². The summed E-state index contributed by atoms with van der Waals surface area (Å²) in [5.74, 6) is -0.285. The van der Waals surface area contributed by atoms with E-state index in [4.69, 9.17) is 0 Å². The minimum Gasteiger partial charge on any atom is -0.324 e. The predicted octanol–water partition coefficient (Wildman–Crippen LogP) is 3.59. The number of carbonyl (C=O) groups is 1. The maximum atomic E-state index is 13.3. The van der Waals surface area contributed by atoms with E-state index in [0.717, 1.165) is 36.4 Å². The average molecular weight is 371 g/mol. The van der Waals surface area contributed by atoms with Gasteiger partial charge in [0.05, 0.1) is 4.88 Å². The molecule has 0 spiro atoms. The molecule has 130 valence electrons. The molecule has 1 aromatic carbocycles. The largest absolute Gasteiger partial charge is 0.324 e. The van der Waals surface area contributed by atoms with Crippen molar-refractivity contribution < 1.29 is 9.18 Å². The van der Waals surface area contributed by atoms with Gasteiger partial charge in [0, 0.05) is 19.3 Å². The van der Waals surface area contributed by atoms with Crippen LogP contribution in [-0.2, 0) is 0 Å². The molecule has 0 saturated carbocycles. The van der Waals surface area contributed by atoms with E-state index < -0.39 is 0 Å². The monoisotopic (exact) mass is 370 g/mol. The molecule has 2 aromatic rings. The smallest absolute Gasteiger partial charge is 0.323 e. The Hall–Kier alpha value is -1.70. The summed E-state index contributed by atoms with van der Waals surface area (Å²) in [5, 5.41) is 6.63. The summed E-state index contributed by atoms with van der Waals surface area (Å²) in [6.07, 6.45) is 3.56. The molecule has 8 heteroatoms. The zero-order chi connectivity index (χ0) is 16.2. The van der Waals surface area contributed by atoms with Gasteiger partial charge >= 0.3 is 6.03 Å². The molecule has 0 radical (unpaired) electrons. The molecule has 1 aliphatic rings. The Labute approximate surface area is 150 Å². The van der Waals surface area contributed by atoms with Crippen LogP contribution in [0.1, 0.15) is 12.8 Å². The van der Waals surface area contributed by atoms with Gasteiger partial charge in [-0.2, -0.15) is 0 Å². The van der Waals surface area contributed by atoms with E-state index in [-0.39, 0.29) is 30.3 Å². The van der Waals surface area contributed by atoms with Crippen LogP contribution in [0.4, 0.5) is 14.3 Å². The van der Waals surface area contributed by atoms with Crippen molar-refractivity contribution in [2.75, 3.05) is 25.5 Å². The zero-order valence-corrected chi connectivity index (χ0v) is 14.9. The topological polar surface area (TPSA) is 57.3 Å². The van der Waals surface area contributed by atoms with Crippen molar-refractivity contribution in [2.24, 2.45) is 0 Å². The first-order valence-corrected chi connectivity index (χ1v) is 8.41. The molecule has 3 rings (SSSR count). The van der Waals surface area contributed by atoms with Crippen LogP contribution >= 0.6 is 23.7 Å². The van der Waals surface area contributed by atoms with Crippen LogP contribution in [-0.4, -0.2) is 42.1 Å². The van der Waals surface area contributed by atoms with Crippen LogP contribution in [0.25, 0.3) is 10.4 Å². The molecule has 2 amide bonds. The van der Waals surface area contributed by atoms with Crippen LogP contribution < -0.4 is 10.6 Å². The Balaban J connectivity index is 0.00000208. The number of halogens is 2. The van der Waals surface area contributed by atoms with Crippen molar-refractivity contribution >= 4 is 34.9 Å². The molecule has 1 aromatic heterocycles. The molecule has 2 N–H and O–H groups in total. The number of aromatic nitrogens is 1. The number of thiazole rings is 1. The first-order valence-electron chi connectivity index (χ1n) is 7.60. The Bertz CT molecular complexity index is 690. The molecule has 1 saturated heterocycles. The fourth-order valence-electron chi connectivity index (χ4n) is 2.65. The molecular weight excluding hydrogens is 351 g/mol. The second-order valence-electron chi connectivity index (χ2n) is 5.56. The Morgan fingerprint density at radius 1 is 1.42 bits per heavy atom. The third-order valence-corrected chi connectivity index (χ3v) is 4.97. The minimum atomic E-state index is -0.285. The maximum Gasteiger partial charge on any atom is 0.323 e. The second kappa shape index (κ2) is 8.41. The lowest BCUT2D eigenvalue weighted by atomic mass is 10.1. The number of nitrogens with zero attached hydrogens (tertiary/aromatic N) is 2. The van der Waals surface area contributed by atoms with E-state index >= 15 is 0 Å². The number of hydrogen-bond acceptors (Lipinski definition) is 4. The molecule has 1 fully saturated rings. The summed E-state index contributed by atoms with van der Waals surface area (Å²) in [6.45, 7) is 1.87. The highest BCUT2D eigenvalue weighted by molar-refractivity contribution is 7.19. The number of carbonyl (C=O) groups excluding carboxylic acids is 1. The summed E-state index contributed by atoms with van der Waals surface area (Å²) < 4.78 is 13.3. The van der Waals surface area contributed by atoms with Gasteiger partial charge in [0.15, 0.2) is 5.13 Å². The number of amides is 2. The van der Waals surface area contributed by atoms with Gasteiger partial charge in [-0.3, -0.25) is 5.32 Å². The first-order chi connectivity index (χ1) is 11.1. The molecule has 1 aliphatic heterocycles. The Morgan fingerprint density at radius 3 is 2.88 bits per heavy atom. The molecule has 5 nitrogen and oxygen atoms in total. The van der Waals surface area contributed by atoms with Gasteiger partial charge in [-0.25, -0.2) is 14.2 Å². The third-order valence-electron chi connectivity index (χ3n) is 4.01. The minimum absolute atomic E-state index is 0. The van der Waals surface area contributed by atoms with Crippen LogP contribution in [0.2, 0.25) is 0 Å². The molecule has 24 heavy (non-hydrogen) atoms. The zero-order valence-electron chi connectivity index (χ0n) is 13.3. The standard InChI is InChI=1S/C16H19FN4OS.ClH/c1-21(13-5-7-18-8-6-13)16(22)20-15-19-10-14(23-15)11-3-2-4-12(17)9-11;/h2-4,9-10,13,18H,5-8H2,1H3,(H,19,20,22);1H. The number of benzene rings is 1. The van der Waals surface area contributed by atoms with Gasteiger partial charge < -0.3 is 10.2 Å². The summed E-state index contributed by atoms with van der Waals surface area (Å²) in [6, 6.07) is 6.44. The van der Waals surface area contributed by atoms with Crippen molar-refractivity contribution in [3.8, 4) is 10.4 Å². The quantitative estimate of drug-likeness (QED) is 0.868. The molecular formula is C16H20ClFN4OS.